The molecule has 18 atom stereocenters. The number of aromatic hydroxyl groups is 1. The van der Waals surface area contributed by atoms with Crippen molar-refractivity contribution >= 4 is 128 Å². The lowest BCUT2D eigenvalue weighted by Gasteiger charge is -2.34. The molecule has 41 nitrogen and oxygen atoms in total. The van der Waals surface area contributed by atoms with Gasteiger partial charge < -0.3 is 90.3 Å². The predicted molar refractivity (Wildman–Crippen MR) is 512 cm³/mol. The SMILES string of the molecule is CC(=O)N[C@@H](CC(C)C)C(=O)N[C@H](C(=O)C(=O)[C@H](Cc1ccccc1)NN[C@]1(C)CCCCC#CC#CCCCC[C@@](C)(C(=O)NC(C)C(=O)N[C@@H](C)C(=O)NC(C)C(=O)N[C@@H](C)C(=O)C(=O)[C@H](C)NC[C@H](C)C(N)=O)NC(=O)[C@H](CC(C)C)CN[C@@H](CCC(N)=O)C(=O)C(=O)C(C)NC(=O)[C@H](Cc2c[nH]c3ccccc23)NN[C@@H](Cc2ccc(O)cc2)C(=O)C(=O)[C@H](CCC(=O)O)NC1=O)[C@@H](C)O. The van der Waals surface area contributed by atoms with E-state index in [0.717, 1.165) is 6.92 Å². The molecule has 23 N–H and O–H groups in total. The maximum absolute atomic E-state index is 15.5. The number of nitrogens with two attached hydrogens (primary N) is 2. The standard InChI is InChI=1S/C98H138N18O23/c1-53(2)45-67-52-103-71(39-41-77(99)120)83(126)82(125)58(8)105-94(137)76(49-66-51-102-70-34-28-27-33-69(66)70)114-113-73(48-65-35-37-68(119)38-36-65)85(128)84(127)72(40-42-78(121)122)110-96(139)98(15,116-115-74(47-64-31-25-24-26-32-64)86(129)87(130)79(62(12)117)111-93(136)75(46-54(3)4)109-63(13)118)44-30-23-21-19-17-16-18-20-22-29-43-97(14,112-92(67)135)95(138)108-61(11)91(134)107-60(10)90(133)106-59(9)89(132)104-57(7)81(124)80(123)56(6)101-50-55(5)88(100)131/h24-28,31-38,51,53-62,67,71-76,79,101-103,113-117,119H,20-23,29-30,39-50,52H2,1-15H3,(H2,99,120)(H2,100,131)(H,104,132)(H,105,137)(H,106,133)(H,107,134)(H,108,138)(H,109,118)(H,110,139)(H,111,136)(H,112,135)(H,121,122)/t55-,56-,57-,58?,59?,60-,61?,62+,67+,71-,72-,73-,74-,75-,76-,79-,97-,98+/m0/s1. The minimum absolute atomic E-state index is 0.00574. The van der Waals surface area contributed by atoms with Crippen molar-refractivity contribution in [3.8, 4) is 29.4 Å². The molecule has 3 unspecified atom stereocenters. The number of phenols is 1. The lowest BCUT2D eigenvalue weighted by Crippen LogP contribution is -2.66. The van der Waals surface area contributed by atoms with Crippen LogP contribution in [0.3, 0.4) is 0 Å². The number of aliphatic hydroxyl groups is 1. The van der Waals surface area contributed by atoms with Gasteiger partial charge in [-0.1, -0.05) is 114 Å². The number of nitrogens with one attached hydrogen (secondary N) is 16. The van der Waals surface area contributed by atoms with E-state index in [1.165, 1.54) is 93.5 Å². The summed E-state index contributed by atoms with van der Waals surface area (Å²) in [5.41, 5.74) is 20.3. The molecule has 2 heterocycles. The maximum atomic E-state index is 15.5. The van der Waals surface area contributed by atoms with Gasteiger partial charge in [-0.3, -0.25) is 95.9 Å². The van der Waals surface area contributed by atoms with Crippen molar-refractivity contribution < 1.29 is 111 Å². The number of carbonyl (C=O) groups is 20. The third-order valence-corrected chi connectivity index (χ3v) is 23.6. The summed E-state index contributed by atoms with van der Waals surface area (Å²) in [4.78, 5) is 283. The summed E-state index contributed by atoms with van der Waals surface area (Å²) in [6.45, 7) is 21.1. The average Bonchev–Trinajstić information content (AvgIpc) is 1.76. The Morgan fingerprint density at radius 2 is 1.10 bits per heavy atom. The van der Waals surface area contributed by atoms with E-state index in [9.17, 15) is 87.2 Å². The number of aliphatic hydroxyl groups excluding tert-OH is 1. The molecular formula is C98H138N18O23. The number of Topliss-reactive ketones (excluding diaryl/α,β-unsaturated/α-hetero) is 8. The lowest BCUT2D eigenvalue weighted by atomic mass is 9.89. The number of para-hydroxylation sites is 1. The van der Waals surface area contributed by atoms with Crippen LogP contribution < -0.4 is 91.7 Å². The normalized spacial score (nSPS) is 21.6. The molecule has 5 rings (SSSR count). The molecule has 1 aromatic heterocycles. The highest BCUT2D eigenvalue weighted by Gasteiger charge is 2.45. The van der Waals surface area contributed by atoms with Gasteiger partial charge >= 0.3 is 5.97 Å². The molecule has 0 saturated carbocycles. The van der Waals surface area contributed by atoms with Crippen molar-refractivity contribution in [1.29, 1.82) is 0 Å². The number of carboxylic acids is 1. The largest absolute Gasteiger partial charge is 0.508 e. The van der Waals surface area contributed by atoms with Crippen LogP contribution in [0.25, 0.3) is 10.9 Å². The number of aromatic nitrogens is 1. The van der Waals surface area contributed by atoms with Crippen molar-refractivity contribution in [3.63, 3.8) is 0 Å². The van der Waals surface area contributed by atoms with Gasteiger partial charge in [0.15, 0.2) is 0 Å². The number of hydrazine groups is 2. The van der Waals surface area contributed by atoms with Gasteiger partial charge in [-0.05, 0) is 192 Å². The number of H-pyrrole nitrogens is 1. The molecule has 0 bridgehead atoms. The molecule has 3 aromatic carbocycles. The number of hydrogen-bond acceptors (Lipinski definition) is 28. The minimum Gasteiger partial charge on any atom is -0.508 e. The van der Waals surface area contributed by atoms with E-state index in [-0.39, 0.29) is 108 Å². The zero-order valence-corrected chi connectivity index (χ0v) is 81.6. The van der Waals surface area contributed by atoms with Gasteiger partial charge in [0.05, 0.1) is 54.3 Å². The Bertz CT molecular complexity index is 5170. The molecule has 1 aliphatic heterocycles. The topological polar surface area (TPSA) is 650 Å². The van der Waals surface area contributed by atoms with E-state index < -0.39 is 257 Å². The van der Waals surface area contributed by atoms with Gasteiger partial charge in [0, 0.05) is 75.1 Å². The Labute approximate surface area is 808 Å². The van der Waals surface area contributed by atoms with E-state index in [1.807, 2.05) is 0 Å². The third-order valence-electron chi connectivity index (χ3n) is 23.6. The van der Waals surface area contributed by atoms with Crippen molar-refractivity contribution in [3.05, 3.63) is 102 Å². The van der Waals surface area contributed by atoms with Gasteiger partial charge in [-0.15, -0.1) is 0 Å². The van der Waals surface area contributed by atoms with E-state index in [1.54, 1.807) is 88.5 Å². The van der Waals surface area contributed by atoms with Crippen LogP contribution in [0.2, 0.25) is 0 Å². The number of primary amides is 2. The predicted octanol–water partition coefficient (Wildman–Crippen LogP) is -0.202. The van der Waals surface area contributed by atoms with E-state index in [4.69, 9.17) is 11.5 Å². The number of carbonyl (C=O) groups excluding carboxylic acids is 19. The number of benzene rings is 3. The Morgan fingerprint density at radius 1 is 0.547 bits per heavy atom. The Kier molecular flexibility index (Phi) is 47.4. The first-order chi connectivity index (χ1) is 65.4. The monoisotopic (exact) mass is 1940 g/mol. The van der Waals surface area contributed by atoms with E-state index in [0.29, 0.717) is 27.6 Å². The molecule has 0 spiro atoms. The molecule has 41 heteroatoms. The fraction of sp³-hybridized carbons (Fsp3) is 0.551. The van der Waals surface area contributed by atoms with Crippen molar-refractivity contribution in [2.75, 3.05) is 13.1 Å². The van der Waals surface area contributed by atoms with Crippen molar-refractivity contribution in [1.82, 2.24) is 85.2 Å². The van der Waals surface area contributed by atoms with Gasteiger partial charge in [0.25, 0.3) is 0 Å². The number of hydrogen-bond donors (Lipinski definition) is 21. The first-order valence-corrected chi connectivity index (χ1v) is 46.7. The van der Waals surface area contributed by atoms with Crippen LogP contribution in [-0.2, 0) is 115 Å². The summed E-state index contributed by atoms with van der Waals surface area (Å²) < 4.78 is 0. The second-order valence-corrected chi connectivity index (χ2v) is 36.8. The summed E-state index contributed by atoms with van der Waals surface area (Å²) in [6, 6.07) is 0.830. The summed E-state index contributed by atoms with van der Waals surface area (Å²) in [7, 11) is 0. The molecule has 0 radical (unpaired) electrons. The maximum Gasteiger partial charge on any atom is 0.303 e. The van der Waals surface area contributed by atoms with E-state index >= 15 is 24.0 Å². The molecule has 4 aromatic rings. The molecular weight excluding hydrogens is 1800 g/mol. The number of ketones is 8. The molecule has 1 aliphatic rings. The minimum atomic E-state index is -2.02. The number of amides is 11. The Balaban J connectivity index is 1.60. The van der Waals surface area contributed by atoms with Crippen LogP contribution in [-0.4, -0.2) is 246 Å². The highest BCUT2D eigenvalue weighted by molar-refractivity contribution is 6.43. The number of aliphatic carboxylic acids is 1. The molecule has 0 aliphatic carbocycles. The summed E-state index contributed by atoms with van der Waals surface area (Å²) in [5, 5.41) is 61.0. The van der Waals surface area contributed by atoms with Crippen LogP contribution in [0, 0.1) is 47.4 Å². The van der Waals surface area contributed by atoms with Crippen LogP contribution in [0.1, 0.15) is 210 Å². The van der Waals surface area contributed by atoms with Crippen molar-refractivity contribution in [2.24, 2.45) is 35.1 Å². The van der Waals surface area contributed by atoms with Crippen LogP contribution >= 0.6 is 0 Å². The van der Waals surface area contributed by atoms with Gasteiger partial charge in [0.2, 0.25) is 111 Å². The van der Waals surface area contributed by atoms with Gasteiger partial charge in [0.1, 0.15) is 53.1 Å². The van der Waals surface area contributed by atoms with Gasteiger partial charge in [-0.25, -0.2) is 21.7 Å². The number of phenolic OH excluding ortho intramolecular Hbond substituents is 1. The fourth-order valence-corrected chi connectivity index (χ4v) is 15.0. The first kappa shape index (κ1) is 116. The van der Waals surface area contributed by atoms with Crippen LogP contribution in [0.15, 0.2) is 85.1 Å². The Hall–Kier alpha value is -13.2. The van der Waals surface area contributed by atoms with E-state index in [2.05, 4.69) is 109 Å². The molecule has 0 fully saturated rings. The van der Waals surface area contributed by atoms with Crippen LogP contribution in [0.4, 0.5) is 0 Å². The summed E-state index contributed by atoms with van der Waals surface area (Å²) >= 11 is 0. The second-order valence-electron chi connectivity index (χ2n) is 36.8. The molecule has 758 valence electrons. The lowest BCUT2D eigenvalue weighted by molar-refractivity contribution is -0.143. The molecule has 11 amide bonds. The molecule has 139 heavy (non-hydrogen) atoms. The zero-order chi connectivity index (χ0) is 104. The summed E-state index contributed by atoms with van der Waals surface area (Å²) in [5.74, 6) is -11.2. The third kappa shape index (κ3) is 38.3. The summed E-state index contributed by atoms with van der Waals surface area (Å²) in [6.07, 6.45) is -2.57. The number of fused-ring (bicyclic) bond motifs is 1. The fourth-order valence-electron chi connectivity index (χ4n) is 15.0. The number of aromatic amines is 1. The molecule has 0 saturated heterocycles. The van der Waals surface area contributed by atoms with Crippen LogP contribution in [0.5, 0.6) is 5.75 Å². The first-order valence-electron chi connectivity index (χ1n) is 46.7. The second kappa shape index (κ2) is 56.6. The van der Waals surface area contributed by atoms with Gasteiger partial charge in [-0.2, -0.15) is 0 Å². The number of carboxylic acid groups (broad SMARTS) is 1. The highest BCUT2D eigenvalue weighted by Crippen LogP contribution is 2.25. The zero-order valence-electron chi connectivity index (χ0n) is 81.6. The Morgan fingerprint density at radius 3 is 1.68 bits per heavy atom. The highest BCUT2D eigenvalue weighted by atomic mass is 16.4. The quantitative estimate of drug-likeness (QED) is 0.0155. The smallest absolute Gasteiger partial charge is 0.303 e. The number of rotatable bonds is 41. The van der Waals surface area contributed by atoms with Crippen molar-refractivity contribution in [2.45, 2.75) is 309 Å². The average molecular weight is 1940 g/mol.